The van der Waals surface area contributed by atoms with Crippen molar-refractivity contribution in [2.24, 2.45) is 0 Å². The maximum absolute atomic E-state index is 12.1. The summed E-state index contributed by atoms with van der Waals surface area (Å²) in [5.74, 6) is -0.225. The Morgan fingerprint density at radius 2 is 2.11 bits per heavy atom. The van der Waals surface area contributed by atoms with E-state index in [2.05, 4.69) is 9.47 Å². The van der Waals surface area contributed by atoms with E-state index in [0.717, 1.165) is 11.3 Å². The van der Waals surface area contributed by atoms with E-state index in [-0.39, 0.29) is 12.4 Å². The molecule has 0 aliphatic carbocycles. The first kappa shape index (κ1) is 12.7. The highest BCUT2D eigenvalue weighted by Gasteiger charge is 2.32. The Bertz CT molecular complexity index is 562. The fourth-order valence-corrected chi connectivity index (χ4v) is 2.38. The summed E-state index contributed by atoms with van der Waals surface area (Å²) in [6.45, 7) is 1.31. The number of alkyl halides is 3. The molecule has 0 N–H and O–H groups in total. The summed E-state index contributed by atoms with van der Waals surface area (Å²) in [6, 6.07) is 4.70. The van der Waals surface area contributed by atoms with Gasteiger partial charge in [-0.15, -0.1) is 24.5 Å². The second-order valence-electron chi connectivity index (χ2n) is 3.35. The van der Waals surface area contributed by atoms with Crippen LogP contribution in [0.15, 0.2) is 23.6 Å². The first-order valence-corrected chi connectivity index (χ1v) is 5.62. The lowest BCUT2D eigenvalue weighted by Crippen LogP contribution is -2.16. The van der Waals surface area contributed by atoms with Crippen LogP contribution < -0.4 is 4.74 Å². The normalized spacial score (nSPS) is 11.5. The Morgan fingerprint density at radius 3 is 2.78 bits per heavy atom. The van der Waals surface area contributed by atoms with Gasteiger partial charge in [0.2, 0.25) is 0 Å². The first-order chi connectivity index (χ1) is 8.49. The molecule has 1 radical (unpaired) electrons. The molecule has 1 aromatic heterocycles. The molecule has 2 aromatic rings. The van der Waals surface area contributed by atoms with Gasteiger partial charge in [0, 0.05) is 15.5 Å². The number of benzene rings is 1. The Labute approximate surface area is 104 Å². The molecule has 1 aromatic carbocycles. The highest BCUT2D eigenvalue weighted by molar-refractivity contribution is 7.17. The molecular formula is C11H6F3O3S. The van der Waals surface area contributed by atoms with E-state index >= 15 is 0 Å². The third-order valence-corrected chi connectivity index (χ3v) is 3.05. The average Bonchev–Trinajstić information content (AvgIpc) is 2.67. The van der Waals surface area contributed by atoms with Crippen molar-refractivity contribution in [3.05, 3.63) is 29.1 Å². The minimum Gasteiger partial charge on any atom is -0.452 e. The summed E-state index contributed by atoms with van der Waals surface area (Å²) in [5, 5.41) is 1.66. The SMILES string of the molecule is O=[C]OCc1ccc2c(OC(F)(F)F)csc2c1. The number of thiophene rings is 1. The summed E-state index contributed by atoms with van der Waals surface area (Å²) in [6.07, 6.45) is -4.71. The third-order valence-electron chi connectivity index (χ3n) is 2.13. The van der Waals surface area contributed by atoms with Crippen LogP contribution in [0.1, 0.15) is 5.56 Å². The molecular weight excluding hydrogens is 269 g/mol. The molecule has 0 aliphatic heterocycles. The molecule has 3 nitrogen and oxygen atoms in total. The smallest absolute Gasteiger partial charge is 0.452 e. The minimum atomic E-state index is -4.71. The summed E-state index contributed by atoms with van der Waals surface area (Å²) in [4.78, 5) is 9.91. The molecule has 2 rings (SSSR count). The summed E-state index contributed by atoms with van der Waals surface area (Å²) >= 11 is 1.12. The van der Waals surface area contributed by atoms with Crippen LogP contribution in [0.4, 0.5) is 13.2 Å². The van der Waals surface area contributed by atoms with Gasteiger partial charge in [0.1, 0.15) is 12.4 Å². The molecule has 0 saturated heterocycles. The summed E-state index contributed by atoms with van der Waals surface area (Å²) in [7, 11) is 0. The topological polar surface area (TPSA) is 35.5 Å². The number of fused-ring (bicyclic) bond motifs is 1. The van der Waals surface area contributed by atoms with Crippen LogP contribution in [0.5, 0.6) is 5.75 Å². The predicted molar refractivity (Wildman–Crippen MR) is 59.0 cm³/mol. The van der Waals surface area contributed by atoms with Crippen LogP contribution >= 0.6 is 11.3 Å². The van der Waals surface area contributed by atoms with E-state index in [1.54, 1.807) is 12.1 Å². The molecule has 1 heterocycles. The average molecular weight is 275 g/mol. The molecule has 0 atom stereocenters. The number of rotatable bonds is 4. The lowest BCUT2D eigenvalue weighted by atomic mass is 10.2. The number of hydrogen-bond acceptors (Lipinski definition) is 4. The fourth-order valence-electron chi connectivity index (χ4n) is 1.45. The summed E-state index contributed by atoms with van der Waals surface area (Å²) in [5.41, 5.74) is 0.672. The molecule has 7 heteroatoms. The van der Waals surface area contributed by atoms with Crippen LogP contribution in [0, 0.1) is 0 Å². The molecule has 0 spiro atoms. The number of halogens is 3. The molecule has 95 valence electrons. The van der Waals surface area contributed by atoms with Gasteiger partial charge in [-0.2, -0.15) is 0 Å². The zero-order valence-electron chi connectivity index (χ0n) is 8.78. The van der Waals surface area contributed by atoms with E-state index in [4.69, 9.17) is 0 Å². The molecule has 0 fully saturated rings. The van der Waals surface area contributed by atoms with Gasteiger partial charge < -0.3 is 9.47 Å². The van der Waals surface area contributed by atoms with Crippen molar-refractivity contribution < 1.29 is 27.4 Å². The minimum absolute atomic E-state index is 0.0345. The van der Waals surface area contributed by atoms with Crippen LogP contribution in [0.25, 0.3) is 10.1 Å². The second kappa shape index (κ2) is 4.85. The monoisotopic (exact) mass is 275 g/mol. The van der Waals surface area contributed by atoms with Gasteiger partial charge in [0.05, 0.1) is 0 Å². The van der Waals surface area contributed by atoms with Crippen molar-refractivity contribution in [1.82, 2.24) is 0 Å². The molecule has 0 saturated carbocycles. The first-order valence-electron chi connectivity index (χ1n) is 4.74. The van der Waals surface area contributed by atoms with E-state index in [9.17, 15) is 18.0 Å². The van der Waals surface area contributed by atoms with Crippen molar-refractivity contribution in [2.45, 2.75) is 13.0 Å². The highest BCUT2D eigenvalue weighted by atomic mass is 32.1. The van der Waals surface area contributed by atoms with Gasteiger partial charge in [0.15, 0.2) is 0 Å². The Hall–Kier alpha value is -1.76. The third kappa shape index (κ3) is 2.92. The maximum Gasteiger partial charge on any atom is 0.573 e. The number of ether oxygens (including phenoxy) is 2. The van der Waals surface area contributed by atoms with Crippen molar-refractivity contribution in [2.75, 3.05) is 0 Å². The number of hydrogen-bond donors (Lipinski definition) is 0. The maximum atomic E-state index is 12.1. The lowest BCUT2D eigenvalue weighted by molar-refractivity contribution is -0.274. The predicted octanol–water partition coefficient (Wildman–Crippen LogP) is 3.38. The Morgan fingerprint density at radius 1 is 1.33 bits per heavy atom. The lowest BCUT2D eigenvalue weighted by Gasteiger charge is -2.07. The van der Waals surface area contributed by atoms with E-state index < -0.39 is 6.36 Å². The van der Waals surface area contributed by atoms with Crippen molar-refractivity contribution >= 4 is 27.9 Å². The van der Waals surface area contributed by atoms with Gasteiger partial charge in [0.25, 0.3) is 0 Å². The number of carbonyl (C=O) groups excluding carboxylic acids is 1. The van der Waals surface area contributed by atoms with Gasteiger partial charge in [-0.05, 0) is 17.7 Å². The zero-order valence-corrected chi connectivity index (χ0v) is 9.60. The molecule has 0 unspecified atom stereocenters. The largest absolute Gasteiger partial charge is 0.573 e. The molecule has 0 aliphatic rings. The quantitative estimate of drug-likeness (QED) is 0.858. The van der Waals surface area contributed by atoms with Crippen molar-refractivity contribution in [3.63, 3.8) is 0 Å². The van der Waals surface area contributed by atoms with Crippen molar-refractivity contribution in [1.29, 1.82) is 0 Å². The molecule has 0 bridgehead atoms. The van der Waals surface area contributed by atoms with Crippen LogP contribution in [0.3, 0.4) is 0 Å². The van der Waals surface area contributed by atoms with Gasteiger partial charge >= 0.3 is 12.8 Å². The standard InChI is InChI=1S/C11H6F3O3S/c12-11(13,14)17-9-5-18-10-3-7(4-16-6-15)1-2-8(9)10/h1-3,5H,4H2. The van der Waals surface area contributed by atoms with Crippen LogP contribution in [-0.4, -0.2) is 12.8 Å². The van der Waals surface area contributed by atoms with Gasteiger partial charge in [-0.25, -0.2) is 4.79 Å². The highest BCUT2D eigenvalue weighted by Crippen LogP contribution is 2.36. The zero-order chi connectivity index (χ0) is 13.2. The molecule has 0 amide bonds. The van der Waals surface area contributed by atoms with Gasteiger partial charge in [-0.3, -0.25) is 0 Å². The second-order valence-corrected chi connectivity index (χ2v) is 4.26. The van der Waals surface area contributed by atoms with Crippen LogP contribution in [-0.2, 0) is 16.1 Å². The molecule has 18 heavy (non-hydrogen) atoms. The van der Waals surface area contributed by atoms with E-state index in [1.165, 1.54) is 17.9 Å². The van der Waals surface area contributed by atoms with E-state index in [0.29, 0.717) is 15.6 Å². The Kier molecular flexibility index (Phi) is 3.42. The van der Waals surface area contributed by atoms with Crippen LogP contribution in [0.2, 0.25) is 0 Å². The van der Waals surface area contributed by atoms with E-state index in [1.807, 2.05) is 0 Å². The van der Waals surface area contributed by atoms with Gasteiger partial charge in [-0.1, -0.05) is 6.07 Å². The fraction of sp³-hybridized carbons (Fsp3) is 0.182. The summed E-state index contributed by atoms with van der Waals surface area (Å²) < 4.78 is 45.3. The van der Waals surface area contributed by atoms with Crippen molar-refractivity contribution in [3.8, 4) is 5.75 Å². The Balaban J connectivity index is 2.29.